The number of nitrogen functional groups attached to an aromatic ring is 1. The molecule has 2 heterocycles. The molecule has 0 saturated heterocycles. The molecular formula is C5H6ClN5. The minimum absolute atomic E-state index is 0.291. The first-order valence-corrected chi connectivity index (χ1v) is 3.42. The largest absolute Gasteiger partial charge is 0.394 e. The van der Waals surface area contributed by atoms with Gasteiger partial charge in [0.25, 0.3) is 0 Å². The van der Waals surface area contributed by atoms with Crippen molar-refractivity contribution in [3.05, 3.63) is 11.0 Å². The highest BCUT2D eigenvalue weighted by Gasteiger charge is 2.09. The number of aromatic nitrogens is 4. The predicted octanol–water partition coefficient (Wildman–Crippen LogP) is 0.601. The number of aryl methyl sites for hydroxylation is 1. The Morgan fingerprint density at radius 1 is 1.64 bits per heavy atom. The van der Waals surface area contributed by atoms with Gasteiger partial charge in [-0.2, -0.15) is 9.61 Å². The molecule has 6 heteroatoms. The van der Waals surface area contributed by atoms with Gasteiger partial charge in [-0.1, -0.05) is 0 Å². The van der Waals surface area contributed by atoms with E-state index in [9.17, 15) is 0 Å². The summed E-state index contributed by atoms with van der Waals surface area (Å²) in [4.78, 5) is 0. The maximum atomic E-state index is 5.66. The number of halogens is 1. The Kier molecular flexibility index (Phi) is 1.11. The molecular weight excluding hydrogens is 166 g/mol. The number of nitrogens with one attached hydrogen (secondary N) is 1. The van der Waals surface area contributed by atoms with Gasteiger partial charge >= 0.3 is 0 Å². The zero-order chi connectivity index (χ0) is 8.01. The molecule has 0 aliphatic rings. The Bertz CT molecular complexity index is 400. The summed E-state index contributed by atoms with van der Waals surface area (Å²) in [5, 5.41) is 10.7. The number of fused-ring (bicyclic) bond motifs is 1. The van der Waals surface area contributed by atoms with Crippen molar-refractivity contribution in [2.24, 2.45) is 0 Å². The van der Waals surface area contributed by atoms with Gasteiger partial charge in [0.05, 0.1) is 11.4 Å². The average molecular weight is 172 g/mol. The molecule has 0 fully saturated rings. The SMILES string of the molecule is Cc1nn2c(Cl)n[nH]c2c1N. The normalized spacial score (nSPS) is 11.1. The number of nitrogens with two attached hydrogens (primary N) is 1. The molecule has 3 N–H and O–H groups in total. The fourth-order valence-corrected chi connectivity index (χ4v) is 1.09. The van der Waals surface area contributed by atoms with Gasteiger partial charge in [-0.25, -0.2) is 0 Å². The van der Waals surface area contributed by atoms with Crippen molar-refractivity contribution in [1.29, 1.82) is 0 Å². The highest BCUT2D eigenvalue weighted by Crippen LogP contribution is 2.17. The highest BCUT2D eigenvalue weighted by atomic mass is 35.5. The van der Waals surface area contributed by atoms with Gasteiger partial charge in [-0.15, -0.1) is 5.10 Å². The van der Waals surface area contributed by atoms with E-state index in [2.05, 4.69) is 15.3 Å². The predicted molar refractivity (Wildman–Crippen MR) is 41.5 cm³/mol. The number of rotatable bonds is 0. The van der Waals surface area contributed by atoms with Gasteiger partial charge in [-0.05, 0) is 18.5 Å². The van der Waals surface area contributed by atoms with Gasteiger partial charge in [0, 0.05) is 0 Å². The third-order valence-corrected chi connectivity index (χ3v) is 1.78. The van der Waals surface area contributed by atoms with Crippen LogP contribution in [0.1, 0.15) is 5.69 Å². The second-order valence-corrected chi connectivity index (χ2v) is 2.59. The van der Waals surface area contributed by atoms with E-state index in [1.165, 1.54) is 4.52 Å². The molecule has 58 valence electrons. The number of H-pyrrole nitrogens is 1. The van der Waals surface area contributed by atoms with Crippen LogP contribution >= 0.6 is 11.6 Å². The summed E-state index contributed by atoms with van der Waals surface area (Å²) in [5.41, 5.74) is 7.62. The summed E-state index contributed by atoms with van der Waals surface area (Å²) in [5.74, 6) is 0. The van der Waals surface area contributed by atoms with Gasteiger partial charge in [0.2, 0.25) is 5.28 Å². The standard InChI is InChI=1S/C5H6ClN5/c1-2-3(7)4-8-9-5(6)11(4)10-2/h8H,7H2,1H3. The van der Waals surface area contributed by atoms with Crippen LogP contribution in [0.25, 0.3) is 5.65 Å². The molecule has 0 unspecified atom stereocenters. The Hall–Kier alpha value is -1.23. The number of hydrogen-bond acceptors (Lipinski definition) is 3. The van der Waals surface area contributed by atoms with Crippen LogP contribution in [0.2, 0.25) is 5.28 Å². The van der Waals surface area contributed by atoms with Crippen LogP contribution < -0.4 is 5.73 Å². The fraction of sp³-hybridized carbons (Fsp3) is 0.200. The average Bonchev–Trinajstić information content (AvgIpc) is 2.43. The third kappa shape index (κ3) is 0.711. The van der Waals surface area contributed by atoms with Crippen molar-refractivity contribution in [3.63, 3.8) is 0 Å². The first kappa shape index (κ1) is 6.48. The second kappa shape index (κ2) is 1.88. The molecule has 0 aromatic carbocycles. The van der Waals surface area contributed by atoms with Crippen molar-refractivity contribution < 1.29 is 0 Å². The van der Waals surface area contributed by atoms with E-state index in [0.717, 1.165) is 5.69 Å². The van der Waals surface area contributed by atoms with Crippen molar-refractivity contribution in [2.75, 3.05) is 5.73 Å². The van der Waals surface area contributed by atoms with Gasteiger partial charge in [0.15, 0.2) is 5.65 Å². The molecule has 0 saturated carbocycles. The highest BCUT2D eigenvalue weighted by molar-refractivity contribution is 6.28. The van der Waals surface area contributed by atoms with Crippen molar-refractivity contribution in [3.8, 4) is 0 Å². The molecule has 2 rings (SSSR count). The molecule has 2 aromatic heterocycles. The lowest BCUT2D eigenvalue weighted by Gasteiger charge is -1.81. The van der Waals surface area contributed by atoms with Gasteiger partial charge in [-0.3, -0.25) is 5.10 Å². The van der Waals surface area contributed by atoms with Crippen LogP contribution in [-0.2, 0) is 0 Å². The summed E-state index contributed by atoms with van der Waals surface area (Å²) in [7, 11) is 0. The quantitative estimate of drug-likeness (QED) is 0.610. The smallest absolute Gasteiger partial charge is 0.243 e. The molecule has 0 atom stereocenters. The fourth-order valence-electron chi connectivity index (χ4n) is 0.927. The van der Waals surface area contributed by atoms with Crippen LogP contribution in [0.4, 0.5) is 5.69 Å². The van der Waals surface area contributed by atoms with E-state index in [4.69, 9.17) is 17.3 Å². The number of nitrogens with zero attached hydrogens (tertiary/aromatic N) is 3. The summed E-state index contributed by atoms with van der Waals surface area (Å²) < 4.78 is 1.46. The first-order chi connectivity index (χ1) is 5.20. The lowest BCUT2D eigenvalue weighted by Crippen LogP contribution is -1.85. The van der Waals surface area contributed by atoms with Crippen LogP contribution in [0.3, 0.4) is 0 Å². The zero-order valence-electron chi connectivity index (χ0n) is 5.80. The Morgan fingerprint density at radius 3 is 3.00 bits per heavy atom. The second-order valence-electron chi connectivity index (χ2n) is 2.25. The molecule has 0 bridgehead atoms. The van der Waals surface area contributed by atoms with Crippen LogP contribution in [-0.4, -0.2) is 19.8 Å². The molecule has 2 aromatic rings. The lowest BCUT2D eigenvalue weighted by molar-refractivity contribution is 0.930. The zero-order valence-corrected chi connectivity index (χ0v) is 6.55. The van der Waals surface area contributed by atoms with Gasteiger partial charge < -0.3 is 5.73 Å². The summed E-state index contributed by atoms with van der Waals surface area (Å²) in [6.07, 6.45) is 0. The maximum Gasteiger partial charge on any atom is 0.243 e. The van der Waals surface area contributed by atoms with Crippen molar-refractivity contribution in [2.45, 2.75) is 6.92 Å². The molecule has 0 amide bonds. The van der Waals surface area contributed by atoms with Crippen LogP contribution in [0, 0.1) is 6.92 Å². The first-order valence-electron chi connectivity index (χ1n) is 3.05. The molecule has 5 nitrogen and oxygen atoms in total. The Labute approximate surface area is 67.1 Å². The minimum Gasteiger partial charge on any atom is -0.394 e. The lowest BCUT2D eigenvalue weighted by atomic mass is 10.4. The maximum absolute atomic E-state index is 5.66. The van der Waals surface area contributed by atoms with Crippen LogP contribution in [0.5, 0.6) is 0 Å². The molecule has 0 aliphatic carbocycles. The number of anilines is 1. The molecule has 0 aliphatic heterocycles. The van der Waals surface area contributed by atoms with Crippen molar-refractivity contribution in [1.82, 2.24) is 19.8 Å². The molecule has 0 radical (unpaired) electrons. The number of hydrogen-bond donors (Lipinski definition) is 2. The monoisotopic (exact) mass is 171 g/mol. The van der Waals surface area contributed by atoms with E-state index in [1.54, 1.807) is 0 Å². The number of aromatic amines is 1. The van der Waals surface area contributed by atoms with Gasteiger partial charge in [0.1, 0.15) is 0 Å². The van der Waals surface area contributed by atoms with E-state index in [-0.39, 0.29) is 0 Å². The summed E-state index contributed by atoms with van der Waals surface area (Å²) in [6.45, 7) is 1.81. The van der Waals surface area contributed by atoms with Crippen molar-refractivity contribution >= 4 is 22.9 Å². The third-order valence-electron chi connectivity index (χ3n) is 1.54. The topological polar surface area (TPSA) is 72.0 Å². The Balaban J connectivity index is 2.93. The Morgan fingerprint density at radius 2 is 2.36 bits per heavy atom. The molecule has 11 heavy (non-hydrogen) atoms. The minimum atomic E-state index is 0.291. The van der Waals surface area contributed by atoms with E-state index in [0.29, 0.717) is 16.6 Å². The van der Waals surface area contributed by atoms with Crippen LogP contribution in [0.15, 0.2) is 0 Å². The summed E-state index contributed by atoms with van der Waals surface area (Å²) in [6, 6.07) is 0. The van der Waals surface area contributed by atoms with E-state index < -0.39 is 0 Å². The summed E-state index contributed by atoms with van der Waals surface area (Å²) >= 11 is 5.66. The van der Waals surface area contributed by atoms with E-state index in [1.807, 2.05) is 6.92 Å². The molecule has 0 spiro atoms. The van der Waals surface area contributed by atoms with E-state index >= 15 is 0 Å².